The Hall–Kier alpha value is -3.47. The molecular formula is C20H14N4O. The highest BCUT2D eigenvalue weighted by Gasteiger charge is 2.15. The van der Waals surface area contributed by atoms with Crippen molar-refractivity contribution in [2.75, 3.05) is 7.11 Å². The fourth-order valence-electron chi connectivity index (χ4n) is 3.31. The topological polar surface area (TPSA) is 52.8 Å². The molecule has 25 heavy (non-hydrogen) atoms. The average Bonchev–Trinajstić information content (AvgIpc) is 3.14. The second-order valence-electron chi connectivity index (χ2n) is 5.81. The summed E-state index contributed by atoms with van der Waals surface area (Å²) < 4.78 is 7.35. The Bertz CT molecular complexity index is 1230. The average molecular weight is 326 g/mol. The van der Waals surface area contributed by atoms with Gasteiger partial charge >= 0.3 is 0 Å². The van der Waals surface area contributed by atoms with Gasteiger partial charge in [0.2, 0.25) is 0 Å². The molecule has 0 fully saturated rings. The first kappa shape index (κ1) is 13.9. The standard InChI is InChI=1S/C20H14N4O/c1-25-14-8-6-13(7-9-14)24-12-23-19-15-4-2-10-21-17(15)18-16(20(19)24)5-3-11-22-18/h2-12H,1H3. The Morgan fingerprint density at radius 3 is 2.16 bits per heavy atom. The molecule has 2 aromatic carbocycles. The summed E-state index contributed by atoms with van der Waals surface area (Å²) in [5.74, 6) is 0.828. The van der Waals surface area contributed by atoms with Gasteiger partial charge in [0, 0.05) is 28.9 Å². The Labute approximate surface area is 143 Å². The van der Waals surface area contributed by atoms with Crippen molar-refractivity contribution in [3.05, 3.63) is 67.3 Å². The smallest absolute Gasteiger partial charge is 0.119 e. The number of hydrogen-bond donors (Lipinski definition) is 0. The van der Waals surface area contributed by atoms with Crippen LogP contribution in [0.5, 0.6) is 5.75 Å². The molecule has 3 aromatic heterocycles. The minimum atomic E-state index is 0.828. The molecule has 0 amide bonds. The molecule has 5 rings (SSSR count). The Morgan fingerprint density at radius 2 is 1.44 bits per heavy atom. The summed E-state index contributed by atoms with van der Waals surface area (Å²) in [5.41, 5.74) is 4.76. The number of methoxy groups -OCH3 is 1. The van der Waals surface area contributed by atoms with Gasteiger partial charge in [-0.3, -0.25) is 14.5 Å². The molecule has 0 aliphatic carbocycles. The van der Waals surface area contributed by atoms with Gasteiger partial charge in [0.25, 0.3) is 0 Å². The first-order valence-corrected chi connectivity index (χ1v) is 8.00. The zero-order valence-electron chi connectivity index (χ0n) is 13.5. The van der Waals surface area contributed by atoms with Gasteiger partial charge in [-0.2, -0.15) is 0 Å². The van der Waals surface area contributed by atoms with Crippen LogP contribution in [0.1, 0.15) is 0 Å². The number of hydrogen-bond acceptors (Lipinski definition) is 4. The van der Waals surface area contributed by atoms with E-state index in [0.717, 1.165) is 44.3 Å². The van der Waals surface area contributed by atoms with E-state index in [-0.39, 0.29) is 0 Å². The third-order valence-corrected chi connectivity index (χ3v) is 4.47. The molecule has 0 aliphatic heterocycles. The number of imidazole rings is 1. The highest BCUT2D eigenvalue weighted by Crippen LogP contribution is 2.33. The Kier molecular flexibility index (Phi) is 2.94. The SMILES string of the molecule is COc1ccc(-n2cnc3c4cccnc4c4ncccc4c32)cc1. The molecule has 0 radical (unpaired) electrons. The van der Waals surface area contributed by atoms with Crippen LogP contribution >= 0.6 is 0 Å². The quantitative estimate of drug-likeness (QED) is 0.458. The van der Waals surface area contributed by atoms with Crippen LogP contribution in [0.2, 0.25) is 0 Å². The lowest BCUT2D eigenvalue weighted by atomic mass is 10.1. The zero-order chi connectivity index (χ0) is 16.8. The largest absolute Gasteiger partial charge is 0.497 e. The van der Waals surface area contributed by atoms with Gasteiger partial charge < -0.3 is 4.74 Å². The fourth-order valence-corrected chi connectivity index (χ4v) is 3.31. The van der Waals surface area contributed by atoms with Crippen LogP contribution in [-0.2, 0) is 0 Å². The summed E-state index contributed by atoms with van der Waals surface area (Å²) >= 11 is 0. The van der Waals surface area contributed by atoms with Gasteiger partial charge in [0.15, 0.2) is 0 Å². The molecule has 0 spiro atoms. The lowest BCUT2D eigenvalue weighted by molar-refractivity contribution is 0.415. The number of ether oxygens (including phenoxy) is 1. The van der Waals surface area contributed by atoms with E-state index in [1.165, 1.54) is 0 Å². The van der Waals surface area contributed by atoms with Crippen LogP contribution in [0.25, 0.3) is 38.5 Å². The molecule has 3 heterocycles. The number of pyridine rings is 2. The molecule has 5 heteroatoms. The molecular weight excluding hydrogens is 312 g/mol. The van der Waals surface area contributed by atoms with E-state index in [2.05, 4.69) is 25.6 Å². The van der Waals surface area contributed by atoms with Crippen LogP contribution in [0.3, 0.4) is 0 Å². The second-order valence-corrected chi connectivity index (χ2v) is 5.81. The normalized spacial score (nSPS) is 11.4. The minimum absolute atomic E-state index is 0.828. The number of aromatic nitrogens is 4. The van der Waals surface area contributed by atoms with Crippen LogP contribution in [0.4, 0.5) is 0 Å². The van der Waals surface area contributed by atoms with Crippen molar-refractivity contribution in [2.45, 2.75) is 0 Å². The first-order chi connectivity index (χ1) is 12.4. The molecule has 0 bridgehead atoms. The molecule has 0 atom stereocenters. The van der Waals surface area contributed by atoms with Crippen molar-refractivity contribution in [1.82, 2.24) is 19.5 Å². The van der Waals surface area contributed by atoms with Crippen LogP contribution in [0, 0.1) is 0 Å². The number of benzene rings is 2. The Morgan fingerprint density at radius 1 is 0.760 bits per heavy atom. The molecule has 0 aliphatic rings. The van der Waals surface area contributed by atoms with Gasteiger partial charge in [0.1, 0.15) is 12.1 Å². The van der Waals surface area contributed by atoms with E-state index < -0.39 is 0 Å². The van der Waals surface area contributed by atoms with Crippen LogP contribution < -0.4 is 4.74 Å². The molecule has 0 saturated carbocycles. The van der Waals surface area contributed by atoms with Crippen molar-refractivity contribution < 1.29 is 4.74 Å². The van der Waals surface area contributed by atoms with Crippen molar-refractivity contribution in [2.24, 2.45) is 0 Å². The third-order valence-electron chi connectivity index (χ3n) is 4.47. The van der Waals surface area contributed by atoms with Crippen molar-refractivity contribution in [1.29, 1.82) is 0 Å². The molecule has 0 saturated heterocycles. The summed E-state index contributed by atoms with van der Waals surface area (Å²) in [6.07, 6.45) is 5.45. The van der Waals surface area contributed by atoms with Gasteiger partial charge in [0.05, 0.1) is 29.2 Å². The summed E-state index contributed by atoms with van der Waals surface area (Å²) in [7, 11) is 1.67. The molecule has 5 nitrogen and oxygen atoms in total. The van der Waals surface area contributed by atoms with Crippen molar-refractivity contribution in [3.63, 3.8) is 0 Å². The predicted octanol–water partition coefficient (Wildman–Crippen LogP) is 4.13. The lowest BCUT2D eigenvalue weighted by Gasteiger charge is -2.09. The summed E-state index contributed by atoms with van der Waals surface area (Å²) in [5, 5.41) is 2.05. The van der Waals surface area contributed by atoms with Crippen molar-refractivity contribution >= 4 is 32.8 Å². The monoisotopic (exact) mass is 326 g/mol. The lowest BCUT2D eigenvalue weighted by Crippen LogP contribution is -1.94. The molecule has 5 aromatic rings. The van der Waals surface area contributed by atoms with Gasteiger partial charge in [-0.1, -0.05) is 0 Å². The van der Waals surface area contributed by atoms with E-state index in [1.54, 1.807) is 19.5 Å². The zero-order valence-corrected chi connectivity index (χ0v) is 13.5. The van der Waals surface area contributed by atoms with Crippen LogP contribution in [0.15, 0.2) is 67.3 Å². The second kappa shape index (κ2) is 5.27. The number of rotatable bonds is 2. The fraction of sp³-hybridized carbons (Fsp3) is 0.0500. The highest BCUT2D eigenvalue weighted by atomic mass is 16.5. The maximum atomic E-state index is 5.26. The van der Waals surface area contributed by atoms with Gasteiger partial charge in [-0.25, -0.2) is 4.98 Å². The number of fused-ring (bicyclic) bond motifs is 6. The summed E-state index contributed by atoms with van der Waals surface area (Å²) in [6.45, 7) is 0. The van der Waals surface area contributed by atoms with E-state index >= 15 is 0 Å². The first-order valence-electron chi connectivity index (χ1n) is 8.00. The van der Waals surface area contributed by atoms with E-state index in [9.17, 15) is 0 Å². The van der Waals surface area contributed by atoms with E-state index in [1.807, 2.05) is 48.8 Å². The Balaban J connectivity index is 1.93. The van der Waals surface area contributed by atoms with Gasteiger partial charge in [-0.05, 0) is 48.5 Å². The van der Waals surface area contributed by atoms with E-state index in [4.69, 9.17) is 4.74 Å². The maximum absolute atomic E-state index is 5.26. The summed E-state index contributed by atoms with van der Waals surface area (Å²) in [6, 6.07) is 15.9. The third kappa shape index (κ3) is 1.99. The van der Waals surface area contributed by atoms with Gasteiger partial charge in [-0.15, -0.1) is 0 Å². The predicted molar refractivity (Wildman–Crippen MR) is 98.2 cm³/mol. The van der Waals surface area contributed by atoms with Crippen LogP contribution in [-0.4, -0.2) is 26.6 Å². The van der Waals surface area contributed by atoms with Crippen molar-refractivity contribution in [3.8, 4) is 11.4 Å². The summed E-state index contributed by atoms with van der Waals surface area (Å²) in [4.78, 5) is 13.8. The number of nitrogens with zero attached hydrogens (tertiary/aromatic N) is 4. The molecule has 120 valence electrons. The molecule has 0 N–H and O–H groups in total. The minimum Gasteiger partial charge on any atom is -0.497 e. The molecule has 0 unspecified atom stereocenters. The maximum Gasteiger partial charge on any atom is 0.119 e. The highest BCUT2D eigenvalue weighted by molar-refractivity contribution is 6.20. The van der Waals surface area contributed by atoms with E-state index in [0.29, 0.717) is 0 Å².